The molecule has 0 unspecified atom stereocenters. The number of amides is 2. The van der Waals surface area contributed by atoms with Crippen LogP contribution in [0.5, 0.6) is 0 Å². The number of imide groups is 1. The minimum atomic E-state index is -0.533. The van der Waals surface area contributed by atoms with Crippen LogP contribution in [0.1, 0.15) is 38.4 Å². The van der Waals surface area contributed by atoms with Gasteiger partial charge < -0.3 is 4.74 Å². The predicted molar refractivity (Wildman–Crippen MR) is 66.9 cm³/mol. The largest absolute Gasteiger partial charge is 0.439 e. The number of rotatable bonds is 3. The Labute approximate surface area is 107 Å². The lowest BCUT2D eigenvalue weighted by Crippen LogP contribution is -2.37. The minimum Gasteiger partial charge on any atom is -0.439 e. The van der Waals surface area contributed by atoms with Crippen LogP contribution in [0.3, 0.4) is 0 Å². The van der Waals surface area contributed by atoms with E-state index in [1.54, 1.807) is 0 Å². The molecule has 0 aromatic heterocycles. The van der Waals surface area contributed by atoms with Gasteiger partial charge in [-0.1, -0.05) is 37.3 Å². The van der Waals surface area contributed by atoms with Gasteiger partial charge in [0.1, 0.15) is 6.10 Å². The van der Waals surface area contributed by atoms with Crippen LogP contribution in [-0.4, -0.2) is 22.9 Å². The Kier molecular flexibility index (Phi) is 3.65. The minimum absolute atomic E-state index is 0.159. The lowest BCUT2D eigenvalue weighted by molar-refractivity contribution is -0.129. The number of nitrogens with zero attached hydrogens (tertiary/aromatic N) is 1. The number of cyclic esters (lactones) is 1. The predicted octanol–water partition coefficient (Wildman–Crippen LogP) is 2.90. The molecule has 1 fully saturated rings. The number of hydrogen-bond acceptors (Lipinski definition) is 3. The summed E-state index contributed by atoms with van der Waals surface area (Å²) in [5, 5.41) is 0. The van der Waals surface area contributed by atoms with Crippen molar-refractivity contribution in [2.75, 3.05) is 0 Å². The summed E-state index contributed by atoms with van der Waals surface area (Å²) in [5.74, 6) is -0.159. The molecule has 1 saturated heterocycles. The van der Waals surface area contributed by atoms with Crippen LogP contribution in [0, 0.1) is 0 Å². The SMILES string of the molecule is CCCC(=O)N1C(=O)O[C@H](c2ccccc2)[C@@H]1C. The molecular weight excluding hydrogens is 230 g/mol. The molecule has 0 saturated carbocycles. The van der Waals surface area contributed by atoms with E-state index in [2.05, 4.69) is 0 Å². The molecule has 2 rings (SSSR count). The van der Waals surface area contributed by atoms with Gasteiger partial charge in [-0.25, -0.2) is 9.69 Å². The molecule has 0 spiro atoms. The van der Waals surface area contributed by atoms with Crippen molar-refractivity contribution in [3.63, 3.8) is 0 Å². The van der Waals surface area contributed by atoms with Crippen molar-refractivity contribution in [1.82, 2.24) is 4.90 Å². The third-order valence-corrected chi connectivity index (χ3v) is 3.13. The molecule has 0 radical (unpaired) electrons. The smallest absolute Gasteiger partial charge is 0.417 e. The average molecular weight is 247 g/mol. The molecule has 1 aliphatic heterocycles. The fourth-order valence-electron chi connectivity index (χ4n) is 2.22. The Balaban J connectivity index is 2.19. The first-order valence-electron chi connectivity index (χ1n) is 6.22. The zero-order valence-corrected chi connectivity index (χ0v) is 10.6. The fourth-order valence-corrected chi connectivity index (χ4v) is 2.22. The molecule has 0 N–H and O–H groups in total. The Bertz CT molecular complexity index is 444. The highest BCUT2D eigenvalue weighted by Gasteiger charge is 2.42. The van der Waals surface area contributed by atoms with Crippen LogP contribution in [0.2, 0.25) is 0 Å². The molecule has 4 nitrogen and oxygen atoms in total. The van der Waals surface area contributed by atoms with Gasteiger partial charge in [-0.3, -0.25) is 4.79 Å². The molecular formula is C14H17NO3. The van der Waals surface area contributed by atoms with Gasteiger partial charge in [0.15, 0.2) is 0 Å². The summed E-state index contributed by atoms with van der Waals surface area (Å²) in [6, 6.07) is 9.26. The summed E-state index contributed by atoms with van der Waals surface area (Å²) in [7, 11) is 0. The van der Waals surface area contributed by atoms with Gasteiger partial charge in [0.25, 0.3) is 0 Å². The summed E-state index contributed by atoms with van der Waals surface area (Å²) < 4.78 is 5.31. The summed E-state index contributed by atoms with van der Waals surface area (Å²) in [4.78, 5) is 24.9. The van der Waals surface area contributed by atoms with Crippen molar-refractivity contribution in [3.8, 4) is 0 Å². The fraction of sp³-hybridized carbons (Fsp3) is 0.429. The number of benzene rings is 1. The maximum absolute atomic E-state index is 11.9. The lowest BCUT2D eigenvalue weighted by Gasteiger charge is -2.19. The van der Waals surface area contributed by atoms with E-state index in [0.717, 1.165) is 12.0 Å². The zero-order valence-electron chi connectivity index (χ0n) is 10.6. The summed E-state index contributed by atoms with van der Waals surface area (Å²) in [6.07, 6.45) is 0.209. The van der Waals surface area contributed by atoms with E-state index in [4.69, 9.17) is 4.74 Å². The lowest BCUT2D eigenvalue weighted by atomic mass is 10.0. The van der Waals surface area contributed by atoms with Gasteiger partial charge in [-0.05, 0) is 18.9 Å². The Morgan fingerprint density at radius 2 is 2.00 bits per heavy atom. The molecule has 96 valence electrons. The Morgan fingerprint density at radius 1 is 1.33 bits per heavy atom. The first-order chi connectivity index (χ1) is 8.65. The Morgan fingerprint density at radius 3 is 2.61 bits per heavy atom. The molecule has 1 heterocycles. The second kappa shape index (κ2) is 5.21. The second-order valence-corrected chi connectivity index (χ2v) is 4.47. The van der Waals surface area contributed by atoms with Crippen molar-refractivity contribution < 1.29 is 14.3 Å². The van der Waals surface area contributed by atoms with Crippen LogP contribution < -0.4 is 0 Å². The third kappa shape index (κ3) is 2.23. The van der Waals surface area contributed by atoms with Gasteiger partial charge in [-0.15, -0.1) is 0 Å². The number of carbonyl (C=O) groups excluding carboxylic acids is 2. The molecule has 2 amide bonds. The van der Waals surface area contributed by atoms with E-state index >= 15 is 0 Å². The number of carbonyl (C=O) groups is 2. The van der Waals surface area contributed by atoms with E-state index in [0.29, 0.717) is 6.42 Å². The zero-order chi connectivity index (χ0) is 13.1. The van der Waals surface area contributed by atoms with E-state index in [1.165, 1.54) is 4.90 Å². The normalized spacial score (nSPS) is 23.0. The highest BCUT2D eigenvalue weighted by molar-refractivity contribution is 5.93. The first kappa shape index (κ1) is 12.6. The second-order valence-electron chi connectivity index (χ2n) is 4.47. The standard InChI is InChI=1S/C14H17NO3/c1-3-7-12(16)15-10(2)13(18-14(15)17)11-8-5-4-6-9-11/h4-6,8-10,13H,3,7H2,1-2H3/t10-,13-/m0/s1. The number of ether oxygens (including phenoxy) is 1. The Hall–Kier alpha value is -1.84. The summed E-state index contributed by atoms with van der Waals surface area (Å²) >= 11 is 0. The molecule has 0 aliphatic carbocycles. The third-order valence-electron chi connectivity index (χ3n) is 3.13. The molecule has 0 bridgehead atoms. The molecule has 1 aliphatic rings. The monoisotopic (exact) mass is 247 g/mol. The van der Waals surface area contributed by atoms with E-state index in [-0.39, 0.29) is 18.1 Å². The average Bonchev–Trinajstić information content (AvgIpc) is 2.66. The molecule has 2 atom stereocenters. The highest BCUT2D eigenvalue weighted by Crippen LogP contribution is 2.32. The van der Waals surface area contributed by atoms with Gasteiger partial charge in [0.2, 0.25) is 5.91 Å². The maximum Gasteiger partial charge on any atom is 0.417 e. The molecule has 1 aromatic carbocycles. The van der Waals surface area contributed by atoms with Crippen molar-refractivity contribution in [2.24, 2.45) is 0 Å². The van der Waals surface area contributed by atoms with Gasteiger partial charge in [0, 0.05) is 6.42 Å². The van der Waals surface area contributed by atoms with Gasteiger partial charge in [-0.2, -0.15) is 0 Å². The van der Waals surface area contributed by atoms with Crippen molar-refractivity contribution in [1.29, 1.82) is 0 Å². The topological polar surface area (TPSA) is 46.6 Å². The van der Waals surface area contributed by atoms with E-state index < -0.39 is 6.09 Å². The van der Waals surface area contributed by atoms with Crippen LogP contribution in [0.4, 0.5) is 4.79 Å². The van der Waals surface area contributed by atoms with Crippen molar-refractivity contribution >= 4 is 12.0 Å². The first-order valence-corrected chi connectivity index (χ1v) is 6.22. The summed E-state index contributed by atoms with van der Waals surface area (Å²) in [6.45, 7) is 3.76. The quantitative estimate of drug-likeness (QED) is 0.825. The molecule has 18 heavy (non-hydrogen) atoms. The molecule has 4 heteroatoms. The highest BCUT2D eigenvalue weighted by atomic mass is 16.6. The molecule has 1 aromatic rings. The van der Waals surface area contributed by atoms with Crippen LogP contribution in [0.25, 0.3) is 0 Å². The van der Waals surface area contributed by atoms with Crippen molar-refractivity contribution in [3.05, 3.63) is 35.9 Å². The number of hydrogen-bond donors (Lipinski definition) is 0. The van der Waals surface area contributed by atoms with Crippen LogP contribution in [-0.2, 0) is 9.53 Å². The van der Waals surface area contributed by atoms with Crippen LogP contribution in [0.15, 0.2) is 30.3 Å². The van der Waals surface area contributed by atoms with Crippen molar-refractivity contribution in [2.45, 2.75) is 38.8 Å². The van der Waals surface area contributed by atoms with E-state index in [9.17, 15) is 9.59 Å². The van der Waals surface area contributed by atoms with Gasteiger partial charge >= 0.3 is 6.09 Å². The summed E-state index contributed by atoms with van der Waals surface area (Å²) in [5.41, 5.74) is 0.921. The maximum atomic E-state index is 11.9. The van der Waals surface area contributed by atoms with Gasteiger partial charge in [0.05, 0.1) is 6.04 Å². The van der Waals surface area contributed by atoms with Crippen LogP contribution >= 0.6 is 0 Å². The van der Waals surface area contributed by atoms with E-state index in [1.807, 2.05) is 44.2 Å².